The Morgan fingerprint density at radius 2 is 1.51 bits per heavy atom. The van der Waals surface area contributed by atoms with Crippen molar-refractivity contribution in [3.8, 4) is 5.75 Å². The maximum Gasteiger partial charge on any atom is 0.264 e. The molecular weight excluding hydrogens is 458 g/mol. The molecule has 0 spiro atoms. The minimum Gasteiger partial charge on any atom is -0.505 e. The Morgan fingerprint density at radius 3 is 2.14 bits per heavy atom. The van der Waals surface area contributed by atoms with Crippen LogP contribution in [0.3, 0.4) is 0 Å². The lowest BCUT2D eigenvalue weighted by Crippen LogP contribution is -2.29. The van der Waals surface area contributed by atoms with E-state index in [0.29, 0.717) is 24.3 Å². The summed E-state index contributed by atoms with van der Waals surface area (Å²) in [7, 11) is -3.67. The summed E-state index contributed by atoms with van der Waals surface area (Å²) in [4.78, 5) is 0.209. The number of rotatable bonds is 4. The predicted molar refractivity (Wildman–Crippen MR) is 141 cm³/mol. The van der Waals surface area contributed by atoms with Crippen LogP contribution < -0.4 is 4.31 Å². The van der Waals surface area contributed by atoms with E-state index < -0.39 is 10.0 Å². The normalized spacial score (nSPS) is 14.5. The van der Waals surface area contributed by atoms with E-state index in [0.717, 1.165) is 22.4 Å². The predicted octanol–water partition coefficient (Wildman–Crippen LogP) is 7.15. The summed E-state index contributed by atoms with van der Waals surface area (Å²) in [5, 5.41) is 19.5. The summed E-state index contributed by atoms with van der Waals surface area (Å²) in [6, 6.07) is 17.8. The Balaban J connectivity index is 1.63. The highest BCUT2D eigenvalue weighted by molar-refractivity contribution is 7.92. The van der Waals surface area contributed by atoms with Gasteiger partial charge in [0.2, 0.25) is 0 Å². The highest BCUT2D eigenvalue weighted by Crippen LogP contribution is 2.42. The zero-order chi connectivity index (χ0) is 25.6. The van der Waals surface area contributed by atoms with Crippen LogP contribution in [0.1, 0.15) is 58.2 Å². The molecule has 35 heavy (non-hydrogen) atoms. The maximum absolute atomic E-state index is 13.2. The van der Waals surface area contributed by atoms with Crippen molar-refractivity contribution < 1.29 is 13.5 Å². The first kappa shape index (κ1) is 24.9. The largest absolute Gasteiger partial charge is 0.505 e. The number of hydrogen-bond donors (Lipinski definition) is 1. The van der Waals surface area contributed by atoms with Gasteiger partial charge in [-0.15, -0.1) is 5.11 Å². The molecule has 1 aliphatic heterocycles. The van der Waals surface area contributed by atoms with Crippen LogP contribution >= 0.6 is 0 Å². The smallest absolute Gasteiger partial charge is 0.264 e. The van der Waals surface area contributed by atoms with Gasteiger partial charge in [0.1, 0.15) is 11.4 Å². The quantitative estimate of drug-likeness (QED) is 0.393. The molecule has 0 saturated carbocycles. The number of nitrogens with zero attached hydrogens (tertiary/aromatic N) is 3. The molecule has 0 aromatic heterocycles. The van der Waals surface area contributed by atoms with Crippen molar-refractivity contribution in [3.05, 3.63) is 77.4 Å². The van der Waals surface area contributed by atoms with Crippen LogP contribution in [0, 0.1) is 0 Å². The number of phenolic OH excluding ortho intramolecular Hbond substituents is 1. The monoisotopic (exact) mass is 491 g/mol. The van der Waals surface area contributed by atoms with Crippen molar-refractivity contribution in [2.75, 3.05) is 10.8 Å². The first-order valence-electron chi connectivity index (χ1n) is 11.8. The summed E-state index contributed by atoms with van der Waals surface area (Å²) < 4.78 is 27.9. The first-order chi connectivity index (χ1) is 16.3. The summed E-state index contributed by atoms with van der Waals surface area (Å²) in [6.07, 6.45) is 0.704. The number of para-hydroxylation sites is 1. The molecule has 4 rings (SSSR count). The van der Waals surface area contributed by atoms with Crippen molar-refractivity contribution in [2.24, 2.45) is 10.2 Å². The van der Waals surface area contributed by atoms with Crippen LogP contribution in [-0.4, -0.2) is 20.1 Å². The van der Waals surface area contributed by atoms with E-state index in [1.54, 1.807) is 24.3 Å². The minimum atomic E-state index is -3.67. The number of sulfonamides is 1. The van der Waals surface area contributed by atoms with Gasteiger partial charge in [0.15, 0.2) is 0 Å². The van der Waals surface area contributed by atoms with Crippen molar-refractivity contribution in [1.29, 1.82) is 0 Å². The van der Waals surface area contributed by atoms with E-state index in [9.17, 15) is 13.5 Å². The lowest BCUT2D eigenvalue weighted by molar-refractivity contribution is 0.446. The molecular formula is C28H33N3O3S. The van der Waals surface area contributed by atoms with Crippen LogP contribution in [0.2, 0.25) is 0 Å². The molecule has 3 aromatic carbocycles. The van der Waals surface area contributed by atoms with Gasteiger partial charge in [-0.25, -0.2) is 8.42 Å². The lowest BCUT2D eigenvalue weighted by Gasteiger charge is -2.26. The van der Waals surface area contributed by atoms with Crippen molar-refractivity contribution in [3.63, 3.8) is 0 Å². The zero-order valence-electron chi connectivity index (χ0n) is 21.2. The summed E-state index contributed by atoms with van der Waals surface area (Å²) in [6.45, 7) is 12.9. The number of anilines is 1. The molecule has 0 aliphatic carbocycles. The molecule has 0 atom stereocenters. The second kappa shape index (κ2) is 8.79. The van der Waals surface area contributed by atoms with E-state index in [2.05, 4.69) is 31.0 Å². The second-order valence-corrected chi connectivity index (χ2v) is 12.9. The Kier molecular flexibility index (Phi) is 6.26. The standard InChI is InChI=1S/C28H33N3O3S/c1-27(2,3)20-17-23(28(4,5)6)26(32)24(18-20)30-29-21-11-13-22(14-12-21)35(33,34)31-16-15-19-9-7-8-10-25(19)31/h7-14,17-18,32H,15-16H2,1-6H3. The molecule has 0 amide bonds. The van der Waals surface area contributed by atoms with Gasteiger partial charge in [0, 0.05) is 12.1 Å². The molecule has 0 fully saturated rings. The first-order valence-corrected chi connectivity index (χ1v) is 13.2. The van der Waals surface area contributed by atoms with E-state index in [-0.39, 0.29) is 21.5 Å². The number of azo groups is 1. The Morgan fingerprint density at radius 1 is 0.857 bits per heavy atom. The highest BCUT2D eigenvalue weighted by atomic mass is 32.2. The van der Waals surface area contributed by atoms with Gasteiger partial charge in [-0.05, 0) is 64.8 Å². The summed E-state index contributed by atoms with van der Waals surface area (Å²) in [5.74, 6) is 0.112. The van der Waals surface area contributed by atoms with Crippen molar-refractivity contribution in [1.82, 2.24) is 0 Å². The van der Waals surface area contributed by atoms with E-state index in [1.807, 2.05) is 57.2 Å². The third-order valence-electron chi connectivity index (χ3n) is 6.31. The number of benzene rings is 3. The van der Waals surface area contributed by atoms with Gasteiger partial charge >= 0.3 is 0 Å². The lowest BCUT2D eigenvalue weighted by atomic mass is 9.80. The molecule has 6 nitrogen and oxygen atoms in total. The average molecular weight is 492 g/mol. The topological polar surface area (TPSA) is 82.3 Å². The van der Waals surface area contributed by atoms with Crippen molar-refractivity contribution >= 4 is 27.1 Å². The Hall–Kier alpha value is -3.19. The maximum atomic E-state index is 13.2. The van der Waals surface area contributed by atoms with E-state index >= 15 is 0 Å². The van der Waals surface area contributed by atoms with Gasteiger partial charge in [0.05, 0.1) is 16.3 Å². The number of phenols is 1. The molecule has 0 unspecified atom stereocenters. The number of aromatic hydroxyl groups is 1. The highest BCUT2D eigenvalue weighted by Gasteiger charge is 2.30. The third kappa shape index (κ3) is 4.96. The fraction of sp³-hybridized carbons (Fsp3) is 0.357. The summed E-state index contributed by atoms with van der Waals surface area (Å²) in [5.41, 5.74) is 4.15. The molecule has 1 heterocycles. The van der Waals surface area contributed by atoms with Gasteiger partial charge in [-0.3, -0.25) is 4.31 Å². The van der Waals surface area contributed by atoms with Gasteiger partial charge in [0.25, 0.3) is 10.0 Å². The summed E-state index contributed by atoms with van der Waals surface area (Å²) >= 11 is 0. The third-order valence-corrected chi connectivity index (χ3v) is 8.13. The molecule has 3 aromatic rings. The molecule has 1 N–H and O–H groups in total. The van der Waals surface area contributed by atoms with Crippen LogP contribution in [-0.2, 0) is 27.3 Å². The van der Waals surface area contributed by atoms with Gasteiger partial charge < -0.3 is 5.11 Å². The van der Waals surface area contributed by atoms with Crippen LogP contribution in [0.5, 0.6) is 5.75 Å². The van der Waals surface area contributed by atoms with Crippen molar-refractivity contribution in [2.45, 2.75) is 63.7 Å². The average Bonchev–Trinajstić information content (AvgIpc) is 3.22. The van der Waals surface area contributed by atoms with Gasteiger partial charge in [-0.2, -0.15) is 5.11 Å². The van der Waals surface area contributed by atoms with E-state index in [4.69, 9.17) is 0 Å². The second-order valence-electron chi connectivity index (χ2n) is 11.0. The number of fused-ring (bicyclic) bond motifs is 1. The SMILES string of the molecule is CC(C)(C)c1cc(N=Nc2ccc(S(=O)(=O)N3CCc4ccccc43)cc2)c(O)c(C(C)(C)C)c1. The number of hydrogen-bond acceptors (Lipinski definition) is 5. The molecule has 0 radical (unpaired) electrons. The van der Waals surface area contributed by atoms with Crippen LogP contribution in [0.4, 0.5) is 17.1 Å². The van der Waals surface area contributed by atoms with Crippen LogP contribution in [0.15, 0.2) is 75.8 Å². The zero-order valence-corrected chi connectivity index (χ0v) is 22.0. The Labute approximate surface area is 208 Å². The Bertz CT molecular complexity index is 1380. The molecule has 1 aliphatic rings. The molecule has 184 valence electrons. The fourth-order valence-electron chi connectivity index (χ4n) is 4.18. The fourth-order valence-corrected chi connectivity index (χ4v) is 5.68. The molecule has 7 heteroatoms. The molecule has 0 bridgehead atoms. The molecule has 0 saturated heterocycles. The van der Waals surface area contributed by atoms with E-state index in [1.165, 1.54) is 4.31 Å². The van der Waals surface area contributed by atoms with Gasteiger partial charge in [-0.1, -0.05) is 65.8 Å². The minimum absolute atomic E-state index is 0.112. The van der Waals surface area contributed by atoms with Crippen LogP contribution in [0.25, 0.3) is 0 Å².